The van der Waals surface area contributed by atoms with Gasteiger partial charge in [-0.1, -0.05) is 64.9 Å². The van der Waals surface area contributed by atoms with Gasteiger partial charge in [0.05, 0.1) is 0 Å². The number of ketones is 1. The van der Waals surface area contributed by atoms with Crippen LogP contribution in [0.1, 0.15) is 13.8 Å². The highest BCUT2D eigenvalue weighted by atomic mass is 35.6. The Balaban J connectivity index is 4.69. The van der Waals surface area contributed by atoms with Gasteiger partial charge in [0.25, 0.3) is 0 Å². The highest BCUT2D eigenvalue weighted by Crippen LogP contribution is 2.46. The van der Waals surface area contributed by atoms with Gasteiger partial charge in [0.2, 0.25) is 0 Å². The Hall–Kier alpha value is 1.12. The first-order chi connectivity index (χ1) is 5.10. The molecule has 12 heavy (non-hydrogen) atoms. The first kappa shape index (κ1) is 13.1. The minimum absolute atomic E-state index is 0.440. The molecule has 0 aromatic carbocycles. The number of Topliss-reactive ketones (excluding diaryl/α,β-unsaturated/α-hetero) is 1. The molecule has 0 aromatic heterocycles. The maximum atomic E-state index is 10.9. The number of carbonyl (C=O) groups is 1. The Labute approximate surface area is 96.2 Å². The number of hydrogen-bond donors (Lipinski definition) is 0. The monoisotopic (exact) mass is 270 g/mol. The summed E-state index contributed by atoms with van der Waals surface area (Å²) in [7, 11) is 0. The third-order valence-corrected chi connectivity index (χ3v) is 3.67. The van der Waals surface area contributed by atoms with Crippen LogP contribution in [0.3, 0.4) is 0 Å². The van der Waals surface area contributed by atoms with Crippen LogP contribution in [0.15, 0.2) is 0 Å². The van der Waals surface area contributed by atoms with Crippen molar-refractivity contribution in [3.8, 4) is 0 Å². The molecular formula is C6H7Cl5O. The van der Waals surface area contributed by atoms with Gasteiger partial charge in [-0.15, -0.1) is 0 Å². The summed E-state index contributed by atoms with van der Waals surface area (Å²) < 4.78 is -3.29. The normalized spacial score (nSPS) is 15.9. The predicted molar refractivity (Wildman–Crippen MR) is 54.6 cm³/mol. The van der Waals surface area contributed by atoms with Crippen LogP contribution in [0.4, 0.5) is 0 Å². The van der Waals surface area contributed by atoms with Gasteiger partial charge < -0.3 is 0 Å². The highest BCUT2D eigenvalue weighted by molar-refractivity contribution is 6.69. The van der Waals surface area contributed by atoms with Crippen LogP contribution < -0.4 is 0 Å². The SMILES string of the molecule is CC(=O)C(Cl)(Cl)C(C)C(Cl)(Cl)Cl. The summed E-state index contributed by atoms with van der Waals surface area (Å²) in [5, 5.41) is 0. The van der Waals surface area contributed by atoms with Gasteiger partial charge in [-0.25, -0.2) is 0 Å². The quantitative estimate of drug-likeness (QED) is 0.700. The van der Waals surface area contributed by atoms with E-state index >= 15 is 0 Å². The fraction of sp³-hybridized carbons (Fsp3) is 0.833. The molecule has 0 bridgehead atoms. The second kappa shape index (κ2) is 4.10. The molecule has 6 heteroatoms. The number of carbonyl (C=O) groups excluding carboxylic acids is 1. The van der Waals surface area contributed by atoms with Crippen molar-refractivity contribution in [2.24, 2.45) is 5.92 Å². The first-order valence-corrected chi connectivity index (χ1v) is 4.94. The summed E-state index contributed by atoms with van der Waals surface area (Å²) in [5.41, 5.74) is 0. The van der Waals surface area contributed by atoms with E-state index in [4.69, 9.17) is 58.0 Å². The lowest BCUT2D eigenvalue weighted by atomic mass is 10.1. The van der Waals surface area contributed by atoms with E-state index in [0.717, 1.165) is 0 Å². The zero-order chi connectivity index (χ0) is 10.2. The zero-order valence-electron chi connectivity index (χ0n) is 6.38. The summed E-state index contributed by atoms with van der Waals surface area (Å²) >= 11 is 27.9. The summed E-state index contributed by atoms with van der Waals surface area (Å²) in [4.78, 5) is 10.9. The molecule has 0 N–H and O–H groups in total. The van der Waals surface area contributed by atoms with Crippen LogP contribution in [0.2, 0.25) is 0 Å². The molecule has 0 radical (unpaired) electrons. The molecule has 0 heterocycles. The van der Waals surface area contributed by atoms with Crippen molar-refractivity contribution in [2.45, 2.75) is 22.0 Å². The molecule has 0 saturated carbocycles. The molecule has 0 rings (SSSR count). The first-order valence-electron chi connectivity index (χ1n) is 3.05. The van der Waals surface area contributed by atoms with E-state index in [-0.39, 0.29) is 0 Å². The Bertz CT molecular complexity index is 183. The minimum Gasteiger partial charge on any atom is -0.297 e. The maximum Gasteiger partial charge on any atom is 0.196 e. The van der Waals surface area contributed by atoms with Crippen molar-refractivity contribution in [3.63, 3.8) is 0 Å². The third-order valence-electron chi connectivity index (χ3n) is 1.50. The largest absolute Gasteiger partial charge is 0.297 e. The molecule has 1 unspecified atom stereocenters. The number of halogens is 5. The van der Waals surface area contributed by atoms with Crippen LogP contribution in [-0.2, 0) is 4.79 Å². The molecular weight excluding hydrogens is 265 g/mol. The van der Waals surface area contributed by atoms with E-state index in [0.29, 0.717) is 0 Å². The minimum atomic E-state index is -1.65. The van der Waals surface area contributed by atoms with Crippen LogP contribution in [0.25, 0.3) is 0 Å². The Morgan fingerprint density at radius 2 is 1.50 bits per heavy atom. The van der Waals surface area contributed by atoms with Crippen molar-refractivity contribution in [2.75, 3.05) is 0 Å². The zero-order valence-corrected chi connectivity index (χ0v) is 10.2. The smallest absolute Gasteiger partial charge is 0.196 e. The summed E-state index contributed by atoms with van der Waals surface area (Å²) in [6.45, 7) is 2.74. The molecule has 0 aliphatic rings. The van der Waals surface area contributed by atoms with Crippen LogP contribution in [-0.4, -0.2) is 13.9 Å². The molecule has 72 valence electrons. The fourth-order valence-corrected chi connectivity index (χ4v) is 1.66. The lowest BCUT2D eigenvalue weighted by Gasteiger charge is -2.29. The van der Waals surface area contributed by atoms with Crippen LogP contribution >= 0.6 is 58.0 Å². The van der Waals surface area contributed by atoms with Crippen molar-refractivity contribution in [1.29, 1.82) is 0 Å². The third kappa shape index (κ3) is 3.12. The lowest BCUT2D eigenvalue weighted by molar-refractivity contribution is -0.118. The molecule has 0 aromatic rings. The van der Waals surface area contributed by atoms with Crippen molar-refractivity contribution < 1.29 is 4.79 Å². The number of rotatable bonds is 2. The summed E-state index contributed by atoms with van der Waals surface area (Å²) in [6.07, 6.45) is 0. The Kier molecular flexibility index (Phi) is 4.48. The molecule has 0 spiro atoms. The van der Waals surface area contributed by atoms with Gasteiger partial charge in [0.1, 0.15) is 0 Å². The topological polar surface area (TPSA) is 17.1 Å². The van der Waals surface area contributed by atoms with Gasteiger partial charge in [-0.3, -0.25) is 4.79 Å². The second-order valence-corrected chi connectivity index (χ2v) is 6.20. The molecule has 1 nitrogen and oxygen atoms in total. The van der Waals surface area contributed by atoms with E-state index in [1.807, 2.05) is 0 Å². The maximum absolute atomic E-state index is 10.9. The summed E-state index contributed by atoms with van der Waals surface area (Å²) in [5.74, 6) is -1.21. The van der Waals surface area contributed by atoms with E-state index in [1.165, 1.54) is 13.8 Å². The van der Waals surface area contributed by atoms with Crippen LogP contribution in [0.5, 0.6) is 0 Å². The van der Waals surface area contributed by atoms with Gasteiger partial charge in [0.15, 0.2) is 13.9 Å². The Morgan fingerprint density at radius 1 is 1.17 bits per heavy atom. The predicted octanol–water partition coefficient (Wildman–Crippen LogP) is 3.76. The molecule has 0 amide bonds. The highest BCUT2D eigenvalue weighted by Gasteiger charge is 2.47. The second-order valence-electron chi connectivity index (χ2n) is 2.44. The summed E-state index contributed by atoms with van der Waals surface area (Å²) in [6, 6.07) is 0. The Morgan fingerprint density at radius 3 is 1.58 bits per heavy atom. The van der Waals surface area contributed by atoms with Gasteiger partial charge >= 0.3 is 0 Å². The molecule has 1 atom stereocenters. The van der Waals surface area contributed by atoms with Gasteiger partial charge in [-0.2, -0.15) is 0 Å². The molecule has 0 saturated heterocycles. The fourth-order valence-electron chi connectivity index (χ4n) is 0.510. The van der Waals surface area contributed by atoms with Gasteiger partial charge in [-0.05, 0) is 6.92 Å². The standard InChI is InChI=1S/C6H7Cl5O/c1-3(6(9,10)11)5(7,8)4(2)12/h3H,1-2H3. The molecule has 0 fully saturated rings. The van der Waals surface area contributed by atoms with Crippen molar-refractivity contribution in [1.82, 2.24) is 0 Å². The number of hydrogen-bond acceptors (Lipinski definition) is 1. The van der Waals surface area contributed by atoms with Gasteiger partial charge in [0, 0.05) is 5.92 Å². The lowest BCUT2D eigenvalue weighted by Crippen LogP contribution is -2.39. The molecule has 0 aliphatic carbocycles. The molecule has 0 aliphatic heterocycles. The van der Waals surface area contributed by atoms with Crippen molar-refractivity contribution >= 4 is 63.8 Å². The van der Waals surface area contributed by atoms with E-state index in [2.05, 4.69) is 0 Å². The average molecular weight is 272 g/mol. The number of alkyl halides is 5. The van der Waals surface area contributed by atoms with E-state index in [9.17, 15) is 4.79 Å². The van der Waals surface area contributed by atoms with Crippen LogP contribution in [0, 0.1) is 5.92 Å². The van der Waals surface area contributed by atoms with E-state index < -0.39 is 19.8 Å². The average Bonchev–Trinajstić information content (AvgIpc) is 1.83. The van der Waals surface area contributed by atoms with Crippen molar-refractivity contribution in [3.05, 3.63) is 0 Å². The van der Waals surface area contributed by atoms with E-state index in [1.54, 1.807) is 0 Å².